The van der Waals surface area contributed by atoms with Gasteiger partial charge in [-0.05, 0) is 58.2 Å². The summed E-state index contributed by atoms with van der Waals surface area (Å²) in [7, 11) is 0. The first-order valence-corrected chi connectivity index (χ1v) is 8.61. The number of hydrogen-bond donors (Lipinski definition) is 0. The molecule has 0 aromatic carbocycles. The summed E-state index contributed by atoms with van der Waals surface area (Å²) in [6, 6.07) is 0. The average Bonchev–Trinajstić information content (AvgIpc) is 2.70. The maximum atomic E-state index is 11.3. The molecule has 0 bridgehead atoms. The smallest absolute Gasteiger partial charge is 0.330 e. The van der Waals surface area contributed by atoms with Crippen LogP contribution in [0, 0.1) is 20.8 Å². The minimum Gasteiger partial charge on any atom is -0.463 e. The molecule has 1 heterocycles. The summed E-state index contributed by atoms with van der Waals surface area (Å²) >= 11 is 1.84. The predicted octanol–water partition coefficient (Wildman–Crippen LogP) is 5.70. The number of rotatable bonds is 6. The van der Waals surface area contributed by atoms with Crippen LogP contribution in [0.4, 0.5) is 0 Å². The van der Waals surface area contributed by atoms with Gasteiger partial charge in [0, 0.05) is 15.8 Å². The van der Waals surface area contributed by atoms with E-state index in [0.717, 1.165) is 11.1 Å². The molecule has 1 aromatic heterocycles. The van der Waals surface area contributed by atoms with Crippen molar-refractivity contribution in [1.29, 1.82) is 0 Å². The zero-order valence-electron chi connectivity index (χ0n) is 14.9. The minimum atomic E-state index is -0.297. The normalized spacial score (nSPS) is 13.3. The van der Waals surface area contributed by atoms with E-state index in [9.17, 15) is 4.79 Å². The van der Waals surface area contributed by atoms with Gasteiger partial charge in [-0.25, -0.2) is 4.79 Å². The van der Waals surface area contributed by atoms with Gasteiger partial charge in [0.1, 0.15) is 0 Å². The lowest BCUT2D eigenvalue weighted by Crippen LogP contribution is -1.99. The molecule has 0 amide bonds. The van der Waals surface area contributed by atoms with E-state index < -0.39 is 0 Å². The van der Waals surface area contributed by atoms with E-state index in [-0.39, 0.29) is 5.97 Å². The van der Waals surface area contributed by atoms with E-state index in [0.29, 0.717) is 6.61 Å². The Bertz CT molecular complexity index is 670. The van der Waals surface area contributed by atoms with Gasteiger partial charge in [0.15, 0.2) is 0 Å². The Morgan fingerprint density at radius 1 is 1.09 bits per heavy atom. The zero-order valence-corrected chi connectivity index (χ0v) is 15.7. The number of thiophene rings is 1. The van der Waals surface area contributed by atoms with E-state index in [1.54, 1.807) is 6.92 Å². The summed E-state index contributed by atoms with van der Waals surface area (Å²) in [6.45, 7) is 12.6. The maximum Gasteiger partial charge on any atom is 0.330 e. The number of allylic oxidation sites excluding steroid dienone is 6. The van der Waals surface area contributed by atoms with Crippen LogP contribution in [0.5, 0.6) is 0 Å². The molecule has 0 N–H and O–H groups in total. The molecule has 0 atom stereocenters. The molecule has 1 aromatic rings. The SMILES string of the molecule is CCOC(=O)/C=C(\C)C=CC=C(C)C=Cc1c(C)sc(C)c1C. The molecular weight excluding hydrogens is 304 g/mol. The predicted molar refractivity (Wildman–Crippen MR) is 101 cm³/mol. The monoisotopic (exact) mass is 330 g/mol. The Hall–Kier alpha value is -1.87. The summed E-state index contributed by atoms with van der Waals surface area (Å²) in [5, 5.41) is 0. The fourth-order valence-corrected chi connectivity index (χ4v) is 3.15. The summed E-state index contributed by atoms with van der Waals surface area (Å²) in [5.41, 5.74) is 4.72. The van der Waals surface area contributed by atoms with E-state index in [1.165, 1.54) is 27.0 Å². The summed E-state index contributed by atoms with van der Waals surface area (Å²) in [4.78, 5) is 14.1. The van der Waals surface area contributed by atoms with Crippen molar-refractivity contribution in [2.24, 2.45) is 0 Å². The highest BCUT2D eigenvalue weighted by molar-refractivity contribution is 7.12. The highest BCUT2D eigenvalue weighted by atomic mass is 32.1. The van der Waals surface area contributed by atoms with Crippen molar-refractivity contribution in [3.63, 3.8) is 0 Å². The molecule has 0 aliphatic rings. The molecule has 2 nitrogen and oxygen atoms in total. The minimum absolute atomic E-state index is 0.297. The van der Waals surface area contributed by atoms with E-state index in [1.807, 2.05) is 36.5 Å². The van der Waals surface area contributed by atoms with Gasteiger partial charge in [-0.1, -0.05) is 36.0 Å². The fraction of sp³-hybridized carbons (Fsp3) is 0.350. The van der Waals surface area contributed by atoms with Gasteiger partial charge in [-0.3, -0.25) is 0 Å². The molecule has 0 unspecified atom stereocenters. The van der Waals surface area contributed by atoms with Crippen LogP contribution in [0.2, 0.25) is 0 Å². The number of carbonyl (C=O) groups excluding carboxylic acids is 1. The maximum absolute atomic E-state index is 11.3. The summed E-state index contributed by atoms with van der Waals surface area (Å²) < 4.78 is 4.88. The highest BCUT2D eigenvalue weighted by Gasteiger charge is 2.05. The number of esters is 1. The molecule has 0 saturated heterocycles. The molecule has 3 heteroatoms. The lowest BCUT2D eigenvalue weighted by atomic mass is 10.1. The van der Waals surface area contributed by atoms with E-state index >= 15 is 0 Å². The molecule has 0 aliphatic carbocycles. The van der Waals surface area contributed by atoms with Crippen molar-refractivity contribution >= 4 is 23.4 Å². The molecule has 0 radical (unpaired) electrons. The average molecular weight is 330 g/mol. The lowest BCUT2D eigenvalue weighted by molar-refractivity contribution is -0.137. The van der Waals surface area contributed by atoms with Gasteiger partial charge in [0.2, 0.25) is 0 Å². The Balaban J connectivity index is 2.72. The number of carbonyl (C=O) groups is 1. The van der Waals surface area contributed by atoms with Gasteiger partial charge in [-0.15, -0.1) is 11.3 Å². The van der Waals surface area contributed by atoms with Gasteiger partial charge in [0.05, 0.1) is 6.61 Å². The molecule has 23 heavy (non-hydrogen) atoms. The summed E-state index contributed by atoms with van der Waals surface area (Å²) in [5.74, 6) is -0.297. The van der Waals surface area contributed by atoms with Crippen molar-refractivity contribution in [3.05, 3.63) is 62.4 Å². The van der Waals surface area contributed by atoms with Crippen LogP contribution < -0.4 is 0 Å². The van der Waals surface area contributed by atoms with Crippen LogP contribution in [-0.4, -0.2) is 12.6 Å². The Labute approximate surface area is 143 Å². The second kappa shape index (κ2) is 9.31. The molecule has 124 valence electrons. The first-order chi connectivity index (χ1) is 10.8. The van der Waals surface area contributed by atoms with Crippen molar-refractivity contribution in [2.45, 2.75) is 41.5 Å². The standard InChI is InChI=1S/C20H26O2S/c1-7-22-20(21)13-15(3)10-8-9-14(2)11-12-19-16(4)17(5)23-18(19)6/h8-13H,7H2,1-6H3/b10-8?,12-11?,14-9?,15-13+. The van der Waals surface area contributed by atoms with Crippen LogP contribution in [0.15, 0.2) is 41.5 Å². The number of aryl methyl sites for hydroxylation is 2. The van der Waals surface area contributed by atoms with Crippen molar-refractivity contribution < 1.29 is 9.53 Å². The fourth-order valence-electron chi connectivity index (χ4n) is 2.10. The third-order valence-corrected chi connectivity index (χ3v) is 4.62. The third kappa shape index (κ3) is 6.41. The quantitative estimate of drug-likeness (QED) is 0.380. The topological polar surface area (TPSA) is 26.3 Å². The Morgan fingerprint density at radius 2 is 1.78 bits per heavy atom. The van der Waals surface area contributed by atoms with Crippen molar-refractivity contribution in [3.8, 4) is 0 Å². The number of hydrogen-bond acceptors (Lipinski definition) is 3. The van der Waals surface area contributed by atoms with Gasteiger partial charge in [0.25, 0.3) is 0 Å². The first kappa shape index (κ1) is 19.2. The Kier molecular flexibility index (Phi) is 7.76. The van der Waals surface area contributed by atoms with Gasteiger partial charge < -0.3 is 4.74 Å². The number of ether oxygens (including phenoxy) is 1. The van der Waals surface area contributed by atoms with Crippen LogP contribution in [0.3, 0.4) is 0 Å². The Morgan fingerprint density at radius 3 is 2.35 bits per heavy atom. The largest absolute Gasteiger partial charge is 0.463 e. The molecule has 0 aliphatic heterocycles. The lowest BCUT2D eigenvalue weighted by Gasteiger charge is -1.96. The highest BCUT2D eigenvalue weighted by Crippen LogP contribution is 2.27. The molecule has 1 rings (SSSR count). The van der Waals surface area contributed by atoms with Crippen molar-refractivity contribution in [1.82, 2.24) is 0 Å². The molecule has 0 saturated carbocycles. The second-order valence-electron chi connectivity index (χ2n) is 5.50. The second-order valence-corrected chi connectivity index (χ2v) is 6.93. The van der Waals surface area contributed by atoms with Crippen LogP contribution in [0.1, 0.15) is 41.7 Å². The molecule has 0 fully saturated rings. The van der Waals surface area contributed by atoms with Crippen molar-refractivity contribution in [2.75, 3.05) is 6.61 Å². The third-order valence-electron chi connectivity index (χ3n) is 3.48. The van der Waals surface area contributed by atoms with Gasteiger partial charge in [-0.2, -0.15) is 0 Å². The van der Waals surface area contributed by atoms with Crippen LogP contribution >= 0.6 is 11.3 Å². The van der Waals surface area contributed by atoms with E-state index in [2.05, 4.69) is 39.8 Å². The molecule has 0 spiro atoms. The van der Waals surface area contributed by atoms with Crippen LogP contribution in [0.25, 0.3) is 6.08 Å². The molecular formula is C20H26O2S. The first-order valence-electron chi connectivity index (χ1n) is 7.79. The van der Waals surface area contributed by atoms with Crippen LogP contribution in [-0.2, 0) is 9.53 Å². The zero-order chi connectivity index (χ0) is 17.4. The summed E-state index contributed by atoms with van der Waals surface area (Å²) in [6.07, 6.45) is 11.7. The van der Waals surface area contributed by atoms with Gasteiger partial charge >= 0.3 is 5.97 Å². The van der Waals surface area contributed by atoms with E-state index in [4.69, 9.17) is 4.74 Å².